The summed E-state index contributed by atoms with van der Waals surface area (Å²) in [6, 6.07) is 12.3. The zero-order valence-electron chi connectivity index (χ0n) is 21.6. The first kappa shape index (κ1) is 25.8. The molecule has 1 aromatic carbocycles. The molecule has 1 fully saturated rings. The number of amides is 1. The van der Waals surface area contributed by atoms with Crippen molar-refractivity contribution in [1.82, 2.24) is 29.2 Å². The average Bonchev–Trinajstić information content (AvgIpc) is 3.32. The van der Waals surface area contributed by atoms with E-state index in [4.69, 9.17) is 4.74 Å². The van der Waals surface area contributed by atoms with Gasteiger partial charge in [-0.05, 0) is 62.6 Å². The average molecular weight is 535 g/mol. The summed E-state index contributed by atoms with van der Waals surface area (Å²) in [5, 5.41) is 7.48. The molecule has 1 amide bonds. The second kappa shape index (κ2) is 10.5. The monoisotopic (exact) mass is 534 g/mol. The van der Waals surface area contributed by atoms with Crippen molar-refractivity contribution in [3.05, 3.63) is 71.4 Å². The quantitative estimate of drug-likeness (QED) is 0.385. The third-order valence-electron chi connectivity index (χ3n) is 6.65. The summed E-state index contributed by atoms with van der Waals surface area (Å²) in [4.78, 5) is 22.4. The molecule has 0 spiro atoms. The van der Waals surface area contributed by atoms with Crippen LogP contribution in [0.1, 0.15) is 46.8 Å². The number of ether oxygens (including phenoxy) is 1. The number of aryl methyl sites for hydroxylation is 2. The molecule has 4 heterocycles. The van der Waals surface area contributed by atoms with Crippen LogP contribution in [0.3, 0.4) is 0 Å². The number of piperidine rings is 1. The Kier molecular flexibility index (Phi) is 7.13. The Balaban J connectivity index is 1.64. The Morgan fingerprint density at radius 3 is 2.58 bits per heavy atom. The maximum absolute atomic E-state index is 13.7. The van der Waals surface area contributed by atoms with Crippen LogP contribution in [-0.4, -0.2) is 58.4 Å². The van der Waals surface area contributed by atoms with Crippen LogP contribution in [0, 0.1) is 13.8 Å². The van der Waals surface area contributed by atoms with Gasteiger partial charge in [0.2, 0.25) is 10.0 Å². The fourth-order valence-corrected chi connectivity index (χ4v) is 6.48. The standard InChI is InChI=1S/C27H30N6O4S/c1-18-15-19(2)33-26(30-18)24(25(31-33)27(34)29-17-21-9-5-6-12-28-21)20-10-11-22(37-3)23(16-20)38(35,36)32-13-7-4-8-14-32/h5-6,9-12,15-16H,4,7-8,13-14,17H2,1-3H3,(H,29,34). The van der Waals surface area contributed by atoms with Crippen molar-refractivity contribution in [1.29, 1.82) is 0 Å². The van der Waals surface area contributed by atoms with Gasteiger partial charge in [-0.25, -0.2) is 17.9 Å². The molecule has 1 aliphatic rings. The van der Waals surface area contributed by atoms with Gasteiger partial charge in [0, 0.05) is 30.7 Å². The minimum atomic E-state index is -3.82. The van der Waals surface area contributed by atoms with E-state index in [0.717, 1.165) is 30.7 Å². The molecule has 1 saturated heterocycles. The van der Waals surface area contributed by atoms with Crippen molar-refractivity contribution < 1.29 is 17.9 Å². The highest BCUT2D eigenvalue weighted by Crippen LogP contribution is 2.36. The summed E-state index contributed by atoms with van der Waals surface area (Å²) < 4.78 is 35.9. The zero-order valence-corrected chi connectivity index (χ0v) is 22.5. The molecule has 0 saturated carbocycles. The number of hydrogen-bond donors (Lipinski definition) is 1. The molecule has 0 radical (unpaired) electrons. The number of rotatable bonds is 7. The van der Waals surface area contributed by atoms with E-state index in [1.807, 2.05) is 38.1 Å². The molecular weight excluding hydrogens is 504 g/mol. The summed E-state index contributed by atoms with van der Waals surface area (Å²) >= 11 is 0. The van der Waals surface area contributed by atoms with E-state index in [1.165, 1.54) is 11.4 Å². The molecule has 0 bridgehead atoms. The number of hydrogen-bond acceptors (Lipinski definition) is 7. The molecule has 4 aromatic rings. The second-order valence-electron chi connectivity index (χ2n) is 9.33. The zero-order chi connectivity index (χ0) is 26.9. The summed E-state index contributed by atoms with van der Waals surface area (Å²) in [6.07, 6.45) is 4.30. The largest absolute Gasteiger partial charge is 0.495 e. The molecular formula is C27H30N6O4S. The third kappa shape index (κ3) is 4.86. The SMILES string of the molecule is COc1ccc(-c2c(C(=O)NCc3ccccn3)nn3c(C)cc(C)nc23)cc1S(=O)(=O)N1CCCCC1. The molecule has 11 heteroatoms. The summed E-state index contributed by atoms with van der Waals surface area (Å²) in [6.45, 7) is 4.90. The number of methoxy groups -OCH3 is 1. The molecule has 1 N–H and O–H groups in total. The topological polar surface area (TPSA) is 119 Å². The lowest BCUT2D eigenvalue weighted by molar-refractivity contribution is 0.0945. The lowest BCUT2D eigenvalue weighted by Crippen LogP contribution is -2.35. The minimum Gasteiger partial charge on any atom is -0.495 e. The van der Waals surface area contributed by atoms with E-state index < -0.39 is 15.9 Å². The van der Waals surface area contributed by atoms with Gasteiger partial charge in [0.25, 0.3) is 5.91 Å². The molecule has 198 valence electrons. The van der Waals surface area contributed by atoms with Gasteiger partial charge in [-0.15, -0.1) is 0 Å². The Morgan fingerprint density at radius 1 is 1.08 bits per heavy atom. The molecule has 5 rings (SSSR count). The minimum absolute atomic E-state index is 0.0583. The Bertz CT molecular complexity index is 1600. The molecule has 0 atom stereocenters. The first-order valence-electron chi connectivity index (χ1n) is 12.5. The summed E-state index contributed by atoms with van der Waals surface area (Å²) in [7, 11) is -2.37. The maximum atomic E-state index is 13.7. The lowest BCUT2D eigenvalue weighted by Gasteiger charge is -2.26. The number of carbonyl (C=O) groups excluding carboxylic acids is 1. The number of fused-ring (bicyclic) bond motifs is 1. The number of nitrogens with one attached hydrogen (secondary N) is 1. The van der Waals surface area contributed by atoms with Crippen LogP contribution < -0.4 is 10.1 Å². The predicted molar refractivity (Wildman–Crippen MR) is 142 cm³/mol. The highest BCUT2D eigenvalue weighted by molar-refractivity contribution is 7.89. The molecule has 38 heavy (non-hydrogen) atoms. The van der Waals surface area contributed by atoms with Crippen molar-refractivity contribution in [3.63, 3.8) is 0 Å². The van der Waals surface area contributed by atoms with Gasteiger partial charge >= 0.3 is 0 Å². The van der Waals surface area contributed by atoms with E-state index in [0.29, 0.717) is 35.6 Å². The van der Waals surface area contributed by atoms with Crippen LogP contribution in [0.5, 0.6) is 5.75 Å². The molecule has 10 nitrogen and oxygen atoms in total. The summed E-state index contributed by atoms with van der Waals surface area (Å²) in [5.41, 5.74) is 3.84. The van der Waals surface area contributed by atoms with Crippen LogP contribution >= 0.6 is 0 Å². The van der Waals surface area contributed by atoms with Gasteiger partial charge < -0.3 is 10.1 Å². The second-order valence-corrected chi connectivity index (χ2v) is 11.2. The van der Waals surface area contributed by atoms with Gasteiger partial charge in [0.05, 0.1) is 24.9 Å². The normalized spacial score (nSPS) is 14.5. The maximum Gasteiger partial charge on any atom is 0.272 e. The smallest absolute Gasteiger partial charge is 0.272 e. The van der Waals surface area contributed by atoms with E-state index in [-0.39, 0.29) is 22.9 Å². The molecule has 0 unspecified atom stereocenters. The predicted octanol–water partition coefficient (Wildman–Crippen LogP) is 3.52. The van der Waals surface area contributed by atoms with Crippen molar-refractivity contribution in [3.8, 4) is 16.9 Å². The lowest BCUT2D eigenvalue weighted by atomic mass is 10.0. The number of sulfonamides is 1. The fourth-order valence-electron chi connectivity index (χ4n) is 4.78. The van der Waals surface area contributed by atoms with Crippen molar-refractivity contribution in [2.45, 2.75) is 44.6 Å². The van der Waals surface area contributed by atoms with E-state index >= 15 is 0 Å². The molecule has 3 aromatic heterocycles. The number of nitrogens with zero attached hydrogens (tertiary/aromatic N) is 5. The number of benzene rings is 1. The van der Waals surface area contributed by atoms with Crippen LogP contribution in [0.4, 0.5) is 0 Å². The third-order valence-corrected chi connectivity index (χ3v) is 8.57. The van der Waals surface area contributed by atoms with E-state index in [2.05, 4.69) is 20.4 Å². The Hall–Kier alpha value is -3.83. The molecule has 1 aliphatic heterocycles. The number of carbonyl (C=O) groups is 1. The highest BCUT2D eigenvalue weighted by atomic mass is 32.2. The Labute approximate surface area is 221 Å². The Morgan fingerprint density at radius 2 is 1.87 bits per heavy atom. The van der Waals surface area contributed by atoms with Crippen LogP contribution in [0.15, 0.2) is 53.6 Å². The van der Waals surface area contributed by atoms with E-state index in [1.54, 1.807) is 28.9 Å². The van der Waals surface area contributed by atoms with Gasteiger partial charge in [-0.2, -0.15) is 9.40 Å². The van der Waals surface area contributed by atoms with Crippen molar-refractivity contribution in [2.24, 2.45) is 0 Å². The van der Waals surface area contributed by atoms with Crippen LogP contribution in [0.2, 0.25) is 0 Å². The van der Waals surface area contributed by atoms with Crippen molar-refractivity contribution in [2.75, 3.05) is 20.2 Å². The molecule has 0 aliphatic carbocycles. The first-order chi connectivity index (χ1) is 18.3. The van der Waals surface area contributed by atoms with Crippen LogP contribution in [0.25, 0.3) is 16.8 Å². The van der Waals surface area contributed by atoms with E-state index in [9.17, 15) is 13.2 Å². The number of pyridine rings is 1. The van der Waals surface area contributed by atoms with Crippen LogP contribution in [-0.2, 0) is 16.6 Å². The van der Waals surface area contributed by atoms with Gasteiger partial charge in [0.15, 0.2) is 11.3 Å². The van der Waals surface area contributed by atoms with Gasteiger partial charge in [0.1, 0.15) is 10.6 Å². The highest BCUT2D eigenvalue weighted by Gasteiger charge is 2.31. The van der Waals surface area contributed by atoms with Gasteiger partial charge in [-0.1, -0.05) is 18.6 Å². The first-order valence-corrected chi connectivity index (χ1v) is 14.0. The summed E-state index contributed by atoms with van der Waals surface area (Å²) in [5.74, 6) is -0.165. The van der Waals surface area contributed by atoms with Gasteiger partial charge in [-0.3, -0.25) is 9.78 Å². The number of aromatic nitrogens is 4. The van der Waals surface area contributed by atoms with Crippen molar-refractivity contribution >= 4 is 21.6 Å². The fraction of sp³-hybridized carbons (Fsp3) is 0.333.